The number of hydrogen-bond acceptors (Lipinski definition) is 6. The molecule has 9 heteroatoms. The number of aryl methyl sites for hydroxylation is 2. The molecule has 4 heterocycles. The minimum absolute atomic E-state index is 0.128. The Morgan fingerprint density at radius 3 is 2.87 bits per heavy atom. The highest BCUT2D eigenvalue weighted by molar-refractivity contribution is 5.81. The highest BCUT2D eigenvalue weighted by atomic mass is 16.5. The Morgan fingerprint density at radius 1 is 1.08 bits per heavy atom. The minimum Gasteiger partial charge on any atom is -0.493 e. The van der Waals surface area contributed by atoms with Crippen LogP contribution in [-0.2, 0) is 24.1 Å². The molecular formula is C29H28N6O3. The van der Waals surface area contributed by atoms with E-state index in [-0.39, 0.29) is 6.42 Å². The minimum atomic E-state index is -0.915. The van der Waals surface area contributed by atoms with Gasteiger partial charge in [-0.15, -0.1) is 0 Å². The van der Waals surface area contributed by atoms with Crippen molar-refractivity contribution in [3.05, 3.63) is 89.8 Å². The Labute approximate surface area is 219 Å². The van der Waals surface area contributed by atoms with Gasteiger partial charge in [-0.2, -0.15) is 10.2 Å². The van der Waals surface area contributed by atoms with Crippen molar-refractivity contribution < 1.29 is 14.6 Å². The van der Waals surface area contributed by atoms with Crippen molar-refractivity contribution in [2.75, 3.05) is 6.61 Å². The van der Waals surface area contributed by atoms with Crippen molar-refractivity contribution in [2.24, 2.45) is 0 Å². The van der Waals surface area contributed by atoms with E-state index in [4.69, 9.17) is 9.72 Å². The highest BCUT2D eigenvalue weighted by Crippen LogP contribution is 2.30. The molecule has 1 aromatic carbocycles. The number of carboxylic acids is 1. The lowest BCUT2D eigenvalue weighted by atomic mass is 9.96. The topological polar surface area (TPSA) is 119 Å². The third-order valence-corrected chi connectivity index (χ3v) is 7.05. The van der Waals surface area contributed by atoms with E-state index in [1.807, 2.05) is 30.3 Å². The number of aromatic nitrogens is 6. The summed E-state index contributed by atoms with van der Waals surface area (Å²) in [6, 6.07) is 13.3. The molecule has 1 aliphatic carbocycles. The second-order valence-corrected chi connectivity index (χ2v) is 9.61. The number of fused-ring (bicyclic) bond motifs is 2. The molecule has 0 fully saturated rings. The predicted molar refractivity (Wildman–Crippen MR) is 142 cm³/mol. The van der Waals surface area contributed by atoms with Crippen LogP contribution in [-0.4, -0.2) is 47.6 Å². The number of hydrogen-bond donors (Lipinski definition) is 2. The van der Waals surface area contributed by atoms with Crippen LogP contribution in [0.3, 0.4) is 0 Å². The molecular weight excluding hydrogens is 480 g/mol. The summed E-state index contributed by atoms with van der Waals surface area (Å²) in [5, 5.41) is 22.0. The van der Waals surface area contributed by atoms with Gasteiger partial charge in [0.2, 0.25) is 0 Å². The first kappa shape index (κ1) is 23.8. The van der Waals surface area contributed by atoms with E-state index in [9.17, 15) is 9.90 Å². The first-order valence-electron chi connectivity index (χ1n) is 12.9. The predicted octanol–water partition coefficient (Wildman–Crippen LogP) is 4.78. The molecule has 1 aliphatic rings. The fourth-order valence-electron chi connectivity index (χ4n) is 5.12. The van der Waals surface area contributed by atoms with E-state index >= 15 is 0 Å². The summed E-state index contributed by atoms with van der Waals surface area (Å²) in [5.41, 5.74) is 6.90. The van der Waals surface area contributed by atoms with E-state index < -0.39 is 12.0 Å². The molecule has 4 aromatic heterocycles. The van der Waals surface area contributed by atoms with Gasteiger partial charge < -0.3 is 9.84 Å². The Hall–Kier alpha value is -4.53. The van der Waals surface area contributed by atoms with Gasteiger partial charge in [-0.3, -0.25) is 24.5 Å². The van der Waals surface area contributed by atoms with Crippen LogP contribution in [0.1, 0.15) is 47.8 Å². The zero-order valence-corrected chi connectivity index (χ0v) is 20.9. The van der Waals surface area contributed by atoms with Gasteiger partial charge >= 0.3 is 5.97 Å². The van der Waals surface area contributed by atoms with Crippen LogP contribution < -0.4 is 4.74 Å². The van der Waals surface area contributed by atoms with Gasteiger partial charge in [-0.05, 0) is 73.2 Å². The number of pyridine rings is 2. The number of benzene rings is 1. The van der Waals surface area contributed by atoms with E-state index in [0.717, 1.165) is 58.4 Å². The second-order valence-electron chi connectivity index (χ2n) is 9.61. The number of H-pyrrole nitrogens is 1. The number of rotatable bonds is 9. The maximum Gasteiger partial charge on any atom is 0.305 e. The zero-order chi connectivity index (χ0) is 25.9. The molecule has 0 aliphatic heterocycles. The quantitative estimate of drug-likeness (QED) is 0.294. The average Bonchev–Trinajstić information content (AvgIpc) is 3.62. The number of ether oxygens (including phenoxy) is 1. The van der Waals surface area contributed by atoms with Gasteiger partial charge in [0.1, 0.15) is 5.75 Å². The molecule has 0 saturated carbocycles. The average molecular weight is 509 g/mol. The summed E-state index contributed by atoms with van der Waals surface area (Å²) in [6.07, 6.45) is 12.1. The fraction of sp³-hybridized carbons (Fsp3) is 0.276. The molecule has 9 nitrogen and oxygen atoms in total. The second kappa shape index (κ2) is 10.5. The van der Waals surface area contributed by atoms with E-state index in [0.29, 0.717) is 6.61 Å². The standard InChI is InChI=1S/C29H28N6O3/c36-29(37)15-28(21-13-20(16-30-17-21)26-9-11-31-34-26)35-27-8-7-24(14-22(27)18-32-35)38-12-10-23-6-5-19-3-1-2-4-25(19)33-23/h5-9,11,13-14,16-18,28H,1-4,10,12,15H2,(H,31,34)(H,36,37). The lowest BCUT2D eigenvalue weighted by Gasteiger charge is -2.18. The van der Waals surface area contributed by atoms with E-state index in [1.165, 1.54) is 24.1 Å². The monoisotopic (exact) mass is 508 g/mol. The number of aromatic amines is 1. The molecule has 0 bridgehead atoms. The number of nitrogens with one attached hydrogen (secondary N) is 1. The van der Waals surface area contributed by atoms with Crippen LogP contribution in [0.5, 0.6) is 5.75 Å². The summed E-state index contributed by atoms with van der Waals surface area (Å²) in [7, 11) is 0. The molecule has 6 rings (SSSR count). The molecule has 0 radical (unpaired) electrons. The van der Waals surface area contributed by atoms with Crippen molar-refractivity contribution in [3.63, 3.8) is 0 Å². The highest BCUT2D eigenvalue weighted by Gasteiger charge is 2.22. The number of aliphatic carboxylic acids is 1. The lowest BCUT2D eigenvalue weighted by Crippen LogP contribution is -2.16. The maximum atomic E-state index is 11.8. The van der Waals surface area contributed by atoms with Gasteiger partial charge in [0.05, 0.1) is 36.5 Å². The van der Waals surface area contributed by atoms with Crippen LogP contribution in [0.2, 0.25) is 0 Å². The summed E-state index contributed by atoms with van der Waals surface area (Å²) in [6.45, 7) is 0.527. The molecule has 1 atom stereocenters. The summed E-state index contributed by atoms with van der Waals surface area (Å²) in [5.74, 6) is -0.172. The third-order valence-electron chi connectivity index (χ3n) is 7.05. The van der Waals surface area contributed by atoms with Crippen molar-refractivity contribution in [1.82, 2.24) is 29.9 Å². The van der Waals surface area contributed by atoms with E-state index in [2.05, 4.69) is 32.4 Å². The Kier molecular flexibility index (Phi) is 6.56. The fourth-order valence-corrected chi connectivity index (χ4v) is 5.12. The number of carbonyl (C=O) groups is 1. The summed E-state index contributed by atoms with van der Waals surface area (Å²) in [4.78, 5) is 21.0. The van der Waals surface area contributed by atoms with E-state index in [1.54, 1.807) is 29.5 Å². The number of carboxylic acid groups (broad SMARTS) is 1. The molecule has 1 unspecified atom stereocenters. The Balaban J connectivity index is 1.20. The van der Waals surface area contributed by atoms with Gasteiger partial charge in [0.25, 0.3) is 0 Å². The van der Waals surface area contributed by atoms with Gasteiger partial charge in [-0.25, -0.2) is 0 Å². The van der Waals surface area contributed by atoms with Crippen molar-refractivity contribution >= 4 is 16.9 Å². The van der Waals surface area contributed by atoms with Crippen LogP contribution in [0, 0.1) is 0 Å². The molecule has 0 amide bonds. The third kappa shape index (κ3) is 5.00. The first-order chi connectivity index (χ1) is 18.6. The molecule has 2 N–H and O–H groups in total. The first-order valence-corrected chi connectivity index (χ1v) is 12.9. The largest absolute Gasteiger partial charge is 0.493 e. The summed E-state index contributed by atoms with van der Waals surface area (Å²) < 4.78 is 7.80. The Bertz CT molecular complexity index is 1580. The molecule has 38 heavy (non-hydrogen) atoms. The maximum absolute atomic E-state index is 11.8. The van der Waals surface area contributed by atoms with Crippen LogP contribution >= 0.6 is 0 Å². The zero-order valence-electron chi connectivity index (χ0n) is 20.9. The van der Waals surface area contributed by atoms with Gasteiger partial charge in [-0.1, -0.05) is 6.07 Å². The number of nitrogens with zero attached hydrogens (tertiary/aromatic N) is 5. The Morgan fingerprint density at radius 2 is 2.00 bits per heavy atom. The smallest absolute Gasteiger partial charge is 0.305 e. The summed E-state index contributed by atoms with van der Waals surface area (Å²) >= 11 is 0. The molecule has 5 aromatic rings. The van der Waals surface area contributed by atoms with Crippen molar-refractivity contribution in [3.8, 4) is 17.0 Å². The molecule has 0 spiro atoms. The van der Waals surface area contributed by atoms with Crippen LogP contribution in [0.4, 0.5) is 0 Å². The lowest BCUT2D eigenvalue weighted by molar-refractivity contribution is -0.137. The van der Waals surface area contributed by atoms with Crippen molar-refractivity contribution in [1.29, 1.82) is 0 Å². The van der Waals surface area contributed by atoms with Gasteiger partial charge in [0, 0.05) is 47.3 Å². The normalized spacial score (nSPS) is 13.8. The van der Waals surface area contributed by atoms with Crippen LogP contribution in [0.15, 0.2) is 67.3 Å². The van der Waals surface area contributed by atoms with Gasteiger partial charge in [0.15, 0.2) is 0 Å². The SMILES string of the molecule is O=C(O)CC(c1cncc(-c2ccn[nH]2)c1)n1ncc2cc(OCCc3ccc4c(n3)CCCC4)ccc21. The van der Waals surface area contributed by atoms with Crippen LogP contribution in [0.25, 0.3) is 22.2 Å². The molecule has 0 saturated heterocycles. The molecule has 192 valence electrons. The van der Waals surface area contributed by atoms with Crippen molar-refractivity contribution in [2.45, 2.75) is 44.6 Å².